The Hall–Kier alpha value is 0.0500. The van der Waals surface area contributed by atoms with Crippen molar-refractivity contribution in [3.63, 3.8) is 0 Å². The lowest BCUT2D eigenvalue weighted by atomic mass is 10.4. The summed E-state index contributed by atoms with van der Waals surface area (Å²) >= 11 is 1.99. The molecule has 0 amide bonds. The second-order valence-electron chi connectivity index (χ2n) is 2.11. The molecule has 0 fully saturated rings. The van der Waals surface area contributed by atoms with Gasteiger partial charge in [0.2, 0.25) is 0 Å². The minimum atomic E-state index is 0.830. The molecule has 0 aliphatic rings. The summed E-state index contributed by atoms with van der Waals surface area (Å²) < 4.78 is 0. The van der Waals surface area contributed by atoms with Crippen LogP contribution in [0.5, 0.6) is 0 Å². The average molecular weight is 159 g/mol. The van der Waals surface area contributed by atoms with Crippen molar-refractivity contribution in [3.8, 4) is 0 Å². The number of nitrogens with two attached hydrogens (primary N) is 1. The molecular formula is C8H17NS. The van der Waals surface area contributed by atoms with Crippen LogP contribution in [0.4, 0.5) is 0 Å². The lowest BCUT2D eigenvalue weighted by Crippen LogP contribution is -1.99. The van der Waals surface area contributed by atoms with E-state index >= 15 is 0 Å². The maximum atomic E-state index is 5.34. The van der Waals surface area contributed by atoms with Gasteiger partial charge in [-0.2, -0.15) is 11.8 Å². The molecule has 0 saturated carbocycles. The standard InChI is InChI=1S/C8H17NS/c1-2-3-4-7-10-8-5-6-9/h2-3H,4-9H2,1H3. The van der Waals surface area contributed by atoms with E-state index < -0.39 is 0 Å². The zero-order chi connectivity index (χ0) is 7.66. The molecule has 0 aliphatic carbocycles. The van der Waals surface area contributed by atoms with Gasteiger partial charge in [0.15, 0.2) is 0 Å². The van der Waals surface area contributed by atoms with Gasteiger partial charge < -0.3 is 5.73 Å². The highest BCUT2D eigenvalue weighted by molar-refractivity contribution is 7.99. The van der Waals surface area contributed by atoms with Crippen molar-refractivity contribution in [1.29, 1.82) is 0 Å². The van der Waals surface area contributed by atoms with Crippen molar-refractivity contribution in [3.05, 3.63) is 12.2 Å². The molecule has 0 aromatic rings. The van der Waals surface area contributed by atoms with E-state index in [1.54, 1.807) is 0 Å². The van der Waals surface area contributed by atoms with E-state index in [1.165, 1.54) is 17.9 Å². The molecule has 0 rings (SSSR count). The number of thioether (sulfide) groups is 1. The van der Waals surface area contributed by atoms with Crippen LogP contribution in [0.15, 0.2) is 12.2 Å². The largest absolute Gasteiger partial charge is 0.330 e. The van der Waals surface area contributed by atoms with Crippen molar-refractivity contribution >= 4 is 11.8 Å². The minimum absolute atomic E-state index is 0.830. The Morgan fingerprint density at radius 2 is 2.20 bits per heavy atom. The fraction of sp³-hybridized carbons (Fsp3) is 0.750. The van der Waals surface area contributed by atoms with Crippen LogP contribution in [-0.4, -0.2) is 18.1 Å². The summed E-state index contributed by atoms with van der Waals surface area (Å²) in [5, 5.41) is 0. The van der Waals surface area contributed by atoms with E-state index in [4.69, 9.17) is 5.73 Å². The second-order valence-corrected chi connectivity index (χ2v) is 3.34. The van der Waals surface area contributed by atoms with Gasteiger partial charge in [-0.1, -0.05) is 12.2 Å². The van der Waals surface area contributed by atoms with Gasteiger partial charge in [0.1, 0.15) is 0 Å². The average Bonchev–Trinajstić information content (AvgIpc) is 1.97. The zero-order valence-corrected chi connectivity index (χ0v) is 7.49. The molecule has 0 saturated heterocycles. The Balaban J connectivity index is 2.77. The molecule has 2 N–H and O–H groups in total. The molecule has 0 aliphatic heterocycles. The molecule has 0 bridgehead atoms. The number of allylic oxidation sites excluding steroid dienone is 2. The highest BCUT2D eigenvalue weighted by atomic mass is 32.2. The molecule has 0 aromatic carbocycles. The van der Waals surface area contributed by atoms with Gasteiger partial charge in [0.25, 0.3) is 0 Å². The third kappa shape index (κ3) is 8.05. The van der Waals surface area contributed by atoms with Crippen molar-refractivity contribution in [1.82, 2.24) is 0 Å². The van der Waals surface area contributed by atoms with Crippen LogP contribution in [0.25, 0.3) is 0 Å². The molecule has 0 heterocycles. The molecule has 0 aromatic heterocycles. The van der Waals surface area contributed by atoms with Gasteiger partial charge in [-0.25, -0.2) is 0 Å². The predicted molar refractivity (Wildman–Crippen MR) is 50.4 cm³/mol. The lowest BCUT2D eigenvalue weighted by molar-refractivity contribution is 0.942. The first-order chi connectivity index (χ1) is 4.91. The number of hydrogen-bond donors (Lipinski definition) is 1. The van der Waals surface area contributed by atoms with Crippen LogP contribution < -0.4 is 5.73 Å². The van der Waals surface area contributed by atoms with Crippen LogP contribution in [0.3, 0.4) is 0 Å². The minimum Gasteiger partial charge on any atom is -0.330 e. The highest BCUT2D eigenvalue weighted by Crippen LogP contribution is 2.03. The Morgan fingerprint density at radius 3 is 2.80 bits per heavy atom. The van der Waals surface area contributed by atoms with Crippen LogP contribution in [0.2, 0.25) is 0 Å². The molecule has 0 spiro atoms. The van der Waals surface area contributed by atoms with E-state index in [-0.39, 0.29) is 0 Å². The summed E-state index contributed by atoms with van der Waals surface area (Å²) in [6.45, 7) is 2.89. The highest BCUT2D eigenvalue weighted by Gasteiger charge is 1.84. The molecule has 0 unspecified atom stereocenters. The molecular weight excluding hydrogens is 142 g/mol. The lowest BCUT2D eigenvalue weighted by Gasteiger charge is -1.95. The Bertz CT molecular complexity index is 81.3. The normalized spacial score (nSPS) is 11.0. The second kappa shape index (κ2) is 9.05. The molecule has 0 radical (unpaired) electrons. The van der Waals surface area contributed by atoms with Crippen molar-refractivity contribution in [2.75, 3.05) is 18.1 Å². The summed E-state index contributed by atoms with van der Waals surface area (Å²) in [6, 6.07) is 0. The molecule has 2 heteroatoms. The Morgan fingerprint density at radius 1 is 1.40 bits per heavy atom. The van der Waals surface area contributed by atoms with E-state index in [1.807, 2.05) is 11.8 Å². The van der Waals surface area contributed by atoms with Gasteiger partial charge in [-0.3, -0.25) is 0 Å². The molecule has 1 nitrogen and oxygen atoms in total. The third-order valence-corrected chi connectivity index (χ3v) is 2.26. The molecule has 10 heavy (non-hydrogen) atoms. The maximum absolute atomic E-state index is 5.34. The monoisotopic (exact) mass is 159 g/mol. The van der Waals surface area contributed by atoms with Crippen LogP contribution >= 0.6 is 11.8 Å². The van der Waals surface area contributed by atoms with Gasteiger partial charge in [0.05, 0.1) is 0 Å². The van der Waals surface area contributed by atoms with Gasteiger partial charge in [-0.15, -0.1) is 0 Å². The van der Waals surface area contributed by atoms with E-state index in [9.17, 15) is 0 Å². The number of hydrogen-bond acceptors (Lipinski definition) is 2. The first-order valence-corrected chi connectivity index (χ1v) is 4.96. The molecule has 0 atom stereocenters. The third-order valence-electron chi connectivity index (χ3n) is 1.16. The van der Waals surface area contributed by atoms with Gasteiger partial charge in [-0.05, 0) is 37.8 Å². The smallest absolute Gasteiger partial charge is 0.00329 e. The fourth-order valence-electron chi connectivity index (χ4n) is 0.605. The van der Waals surface area contributed by atoms with Gasteiger partial charge in [0, 0.05) is 0 Å². The van der Waals surface area contributed by atoms with Crippen LogP contribution in [0.1, 0.15) is 19.8 Å². The number of rotatable bonds is 6. The molecule has 60 valence electrons. The van der Waals surface area contributed by atoms with E-state index in [0.29, 0.717) is 0 Å². The first-order valence-electron chi connectivity index (χ1n) is 3.80. The zero-order valence-electron chi connectivity index (χ0n) is 6.68. The topological polar surface area (TPSA) is 26.0 Å². The van der Waals surface area contributed by atoms with E-state index in [2.05, 4.69) is 19.1 Å². The van der Waals surface area contributed by atoms with Crippen LogP contribution in [0, 0.1) is 0 Å². The summed E-state index contributed by atoms with van der Waals surface area (Å²) in [7, 11) is 0. The van der Waals surface area contributed by atoms with Crippen LogP contribution in [-0.2, 0) is 0 Å². The summed E-state index contributed by atoms with van der Waals surface area (Å²) in [4.78, 5) is 0. The quantitative estimate of drug-likeness (QED) is 0.474. The predicted octanol–water partition coefficient (Wildman–Crippen LogP) is 2.03. The van der Waals surface area contributed by atoms with Gasteiger partial charge >= 0.3 is 0 Å². The first kappa shape index (κ1) is 10.0. The maximum Gasteiger partial charge on any atom is -0.00329 e. The van der Waals surface area contributed by atoms with Crippen molar-refractivity contribution in [2.45, 2.75) is 19.8 Å². The fourth-order valence-corrected chi connectivity index (χ4v) is 1.48. The Kier molecular flexibility index (Phi) is 9.10. The van der Waals surface area contributed by atoms with E-state index in [0.717, 1.165) is 13.0 Å². The van der Waals surface area contributed by atoms with Crippen molar-refractivity contribution < 1.29 is 0 Å². The summed E-state index contributed by atoms with van der Waals surface area (Å²) in [6.07, 6.45) is 6.66. The SMILES string of the molecule is CC=CCCSCCCN. The Labute approximate surface area is 68.1 Å². The van der Waals surface area contributed by atoms with Crippen molar-refractivity contribution in [2.24, 2.45) is 5.73 Å². The summed E-state index contributed by atoms with van der Waals surface area (Å²) in [5.41, 5.74) is 5.34. The summed E-state index contributed by atoms with van der Waals surface area (Å²) in [5.74, 6) is 2.46.